The molecule has 1 aromatic rings. The lowest BCUT2D eigenvalue weighted by molar-refractivity contribution is 0.184. The Balaban J connectivity index is 1.65. The summed E-state index contributed by atoms with van der Waals surface area (Å²) in [5, 5.41) is -1.19. The Morgan fingerprint density at radius 1 is 1.31 bits per heavy atom. The summed E-state index contributed by atoms with van der Waals surface area (Å²) in [6.07, 6.45) is -0.127. The monoisotopic (exact) mass is 527 g/mol. The minimum absolute atomic E-state index is 0.0416. The van der Waals surface area contributed by atoms with E-state index >= 15 is 4.39 Å². The lowest BCUT2D eigenvalue weighted by Gasteiger charge is -2.40. The molecule has 1 saturated carbocycles. The molecule has 3 heterocycles. The first kappa shape index (κ1) is 24.9. The normalized spacial score (nSPS) is 37.9. The third-order valence-corrected chi connectivity index (χ3v) is 9.78. The summed E-state index contributed by atoms with van der Waals surface area (Å²) in [5.74, 6) is -1.36. The second-order valence-electron chi connectivity index (χ2n) is 9.66. The summed E-state index contributed by atoms with van der Waals surface area (Å²) in [6, 6.07) is 3.43. The Labute approximate surface area is 207 Å². The van der Waals surface area contributed by atoms with Crippen LogP contribution in [-0.2, 0) is 21.4 Å². The summed E-state index contributed by atoms with van der Waals surface area (Å²) in [5.41, 5.74) is 3.20. The molecule has 1 saturated heterocycles. The van der Waals surface area contributed by atoms with E-state index in [1.54, 1.807) is 17.0 Å². The average Bonchev–Trinajstić information content (AvgIpc) is 3.15. The van der Waals surface area contributed by atoms with Crippen LogP contribution in [0, 0.1) is 5.92 Å². The van der Waals surface area contributed by atoms with E-state index in [1.807, 2.05) is 0 Å². The van der Waals surface area contributed by atoms with E-state index in [4.69, 9.17) is 15.2 Å². The number of nitrogens with zero attached hydrogens (tertiary/aromatic N) is 4. The lowest BCUT2D eigenvalue weighted by atomic mass is 9.84. The first-order valence-corrected chi connectivity index (χ1v) is 13.0. The van der Waals surface area contributed by atoms with Crippen LogP contribution in [-0.4, -0.2) is 80.7 Å². The Bertz CT molecular complexity index is 1290. The number of ether oxygens (including phenoxy) is 2. The van der Waals surface area contributed by atoms with E-state index in [0.29, 0.717) is 11.7 Å². The second kappa shape index (κ2) is 8.37. The molecule has 36 heavy (non-hydrogen) atoms. The van der Waals surface area contributed by atoms with Crippen LogP contribution in [0.4, 0.5) is 19.0 Å². The maximum Gasteiger partial charge on any atom is 0.244 e. The summed E-state index contributed by atoms with van der Waals surface area (Å²) in [6.45, 7) is 0.170. The highest BCUT2D eigenvalue weighted by molar-refractivity contribution is 7.90. The van der Waals surface area contributed by atoms with Crippen LogP contribution in [0.15, 0.2) is 40.7 Å². The van der Waals surface area contributed by atoms with Crippen molar-refractivity contribution in [1.29, 1.82) is 0 Å². The van der Waals surface area contributed by atoms with Crippen LogP contribution in [0.25, 0.3) is 0 Å². The summed E-state index contributed by atoms with van der Waals surface area (Å²) in [4.78, 5) is 10.7. The van der Waals surface area contributed by atoms with E-state index in [9.17, 15) is 17.2 Å². The van der Waals surface area contributed by atoms with Gasteiger partial charge in [0.15, 0.2) is 5.67 Å². The molecule has 5 rings (SSSR count). The van der Waals surface area contributed by atoms with Gasteiger partial charge in [-0.05, 0) is 23.3 Å². The van der Waals surface area contributed by atoms with E-state index in [-0.39, 0.29) is 44.1 Å². The number of hydrogen-bond donors (Lipinski definition) is 1. The molecule has 4 aliphatic rings. The van der Waals surface area contributed by atoms with Crippen LogP contribution < -0.4 is 15.4 Å². The zero-order valence-electron chi connectivity index (χ0n) is 20.1. The molecule has 5 atom stereocenters. The van der Waals surface area contributed by atoms with Crippen molar-refractivity contribution in [1.82, 2.24) is 9.29 Å². The number of fused-ring (bicyclic) bond motifs is 2. The minimum atomic E-state index is -4.06. The molecule has 196 valence electrons. The van der Waals surface area contributed by atoms with E-state index in [2.05, 4.69) is 9.98 Å². The topological polar surface area (TPSA) is 110 Å². The fourth-order valence-electron chi connectivity index (χ4n) is 5.42. The number of sulfonamides is 1. The average molecular weight is 528 g/mol. The van der Waals surface area contributed by atoms with Crippen molar-refractivity contribution >= 4 is 21.8 Å². The first-order chi connectivity index (χ1) is 17.0. The number of hydrogen-bond acceptors (Lipinski definition) is 8. The molecule has 0 aromatic carbocycles. The SMILES string of the molecule is COCc1cc(OC)nc(N2CC3[C@](/C4=C/[C@@H]5C(F)[C@]5(F)C/C=C(/F)C4)(C2)N=C(N)N(C)S3(=O)=O)c1. The number of halogens is 3. The van der Waals surface area contributed by atoms with E-state index in [0.717, 1.165) is 15.9 Å². The largest absolute Gasteiger partial charge is 0.481 e. The number of guanidine groups is 1. The highest BCUT2D eigenvalue weighted by atomic mass is 32.2. The van der Waals surface area contributed by atoms with Crippen molar-refractivity contribution in [3.8, 4) is 5.88 Å². The molecular weight excluding hydrogens is 499 g/mol. The molecule has 9 nitrogen and oxygen atoms in total. The maximum absolute atomic E-state index is 15.0. The van der Waals surface area contributed by atoms with Gasteiger partial charge in [0.1, 0.15) is 28.6 Å². The predicted molar refractivity (Wildman–Crippen MR) is 127 cm³/mol. The Morgan fingerprint density at radius 2 is 2.06 bits per heavy atom. The molecule has 0 radical (unpaired) electrons. The number of anilines is 1. The van der Waals surface area contributed by atoms with Crippen molar-refractivity contribution in [2.45, 2.75) is 42.1 Å². The number of nitrogens with two attached hydrogens (primary N) is 1. The molecule has 1 aromatic heterocycles. The number of rotatable bonds is 5. The molecule has 0 amide bonds. The van der Waals surface area contributed by atoms with Crippen molar-refractivity contribution in [2.75, 3.05) is 39.3 Å². The minimum Gasteiger partial charge on any atom is -0.481 e. The number of alkyl halides is 2. The molecule has 2 N–H and O–H groups in total. The molecule has 2 aliphatic heterocycles. The Kier molecular flexibility index (Phi) is 5.78. The zero-order chi connectivity index (χ0) is 26.0. The van der Waals surface area contributed by atoms with Crippen molar-refractivity contribution in [3.63, 3.8) is 0 Å². The van der Waals surface area contributed by atoms with Gasteiger partial charge in [0, 0.05) is 45.5 Å². The molecule has 2 unspecified atom stereocenters. The molecule has 0 spiro atoms. The highest BCUT2D eigenvalue weighted by Crippen LogP contribution is 2.57. The Hall–Kier alpha value is -2.80. The van der Waals surface area contributed by atoms with Gasteiger partial charge in [-0.25, -0.2) is 30.9 Å². The third-order valence-electron chi connectivity index (χ3n) is 7.57. The van der Waals surface area contributed by atoms with E-state index in [1.165, 1.54) is 27.3 Å². The smallest absolute Gasteiger partial charge is 0.244 e. The van der Waals surface area contributed by atoms with Crippen LogP contribution >= 0.6 is 0 Å². The van der Waals surface area contributed by atoms with Gasteiger partial charge in [-0.2, -0.15) is 4.98 Å². The molecule has 13 heteroatoms. The van der Waals surface area contributed by atoms with Gasteiger partial charge in [0.05, 0.1) is 20.3 Å². The van der Waals surface area contributed by atoms with Crippen molar-refractivity contribution in [3.05, 3.63) is 41.2 Å². The third kappa shape index (κ3) is 3.66. The van der Waals surface area contributed by atoms with Gasteiger partial charge in [0.25, 0.3) is 0 Å². The maximum atomic E-state index is 15.0. The van der Waals surface area contributed by atoms with Crippen molar-refractivity contribution < 1.29 is 31.1 Å². The molecule has 2 aliphatic carbocycles. The second-order valence-corrected chi connectivity index (χ2v) is 11.8. The predicted octanol–water partition coefficient (Wildman–Crippen LogP) is 2.00. The van der Waals surface area contributed by atoms with Crippen LogP contribution in [0.3, 0.4) is 0 Å². The number of aromatic nitrogens is 1. The van der Waals surface area contributed by atoms with Gasteiger partial charge in [-0.3, -0.25) is 0 Å². The standard InChI is InChI=1S/C23H28F3N5O4S/c1-30-21(27)29-23(14-8-15(24)4-5-22(26)16(9-14)20(22)25)12-31(10-17(23)36(30,32)33)18-6-13(11-34-2)7-19(28-18)35-3/h4,6-7,9,16-17,20H,5,8,10-12H2,1-3H3,(H2,27,29)/b14-9+,15-4+/t16-,17?,20?,22+,23-/m1/s1. The van der Waals surface area contributed by atoms with Gasteiger partial charge < -0.3 is 20.1 Å². The highest BCUT2D eigenvalue weighted by Gasteiger charge is 2.68. The summed E-state index contributed by atoms with van der Waals surface area (Å²) < 4.78 is 82.8. The number of allylic oxidation sites excluding steroid dienone is 3. The van der Waals surface area contributed by atoms with Crippen LogP contribution in [0.1, 0.15) is 18.4 Å². The van der Waals surface area contributed by atoms with Gasteiger partial charge in [-0.1, -0.05) is 6.08 Å². The fraction of sp³-hybridized carbons (Fsp3) is 0.565. The van der Waals surface area contributed by atoms with Crippen LogP contribution in [0.2, 0.25) is 0 Å². The Morgan fingerprint density at radius 3 is 2.75 bits per heavy atom. The zero-order valence-corrected chi connectivity index (χ0v) is 20.9. The number of methoxy groups -OCH3 is 2. The fourth-order valence-corrected chi connectivity index (χ4v) is 7.25. The summed E-state index contributed by atoms with van der Waals surface area (Å²) >= 11 is 0. The van der Waals surface area contributed by atoms with Gasteiger partial charge in [0.2, 0.25) is 21.9 Å². The first-order valence-electron chi connectivity index (χ1n) is 11.5. The molecule has 2 fully saturated rings. The van der Waals surface area contributed by atoms with E-state index < -0.39 is 44.4 Å². The lowest BCUT2D eigenvalue weighted by Crippen LogP contribution is -2.59. The van der Waals surface area contributed by atoms with Crippen molar-refractivity contribution in [2.24, 2.45) is 16.6 Å². The molecular formula is C23H28F3N5O4S. The number of pyridine rings is 1. The van der Waals surface area contributed by atoms with Crippen LogP contribution in [0.5, 0.6) is 5.88 Å². The molecule has 0 bridgehead atoms. The number of aliphatic imine (C=N–C) groups is 1. The van der Waals surface area contributed by atoms with Gasteiger partial charge >= 0.3 is 0 Å². The quantitative estimate of drug-likeness (QED) is 0.584. The van der Waals surface area contributed by atoms with Gasteiger partial charge in [-0.15, -0.1) is 0 Å². The summed E-state index contributed by atoms with van der Waals surface area (Å²) in [7, 11) is 0.224.